The van der Waals surface area contributed by atoms with Crippen molar-refractivity contribution < 1.29 is 14.1 Å². The van der Waals surface area contributed by atoms with Gasteiger partial charge in [0.25, 0.3) is 0 Å². The Morgan fingerprint density at radius 1 is 1.29 bits per heavy atom. The molecule has 1 amide bonds. The van der Waals surface area contributed by atoms with Gasteiger partial charge in [0.2, 0.25) is 11.8 Å². The van der Waals surface area contributed by atoms with E-state index in [1.165, 1.54) is 11.3 Å². The lowest BCUT2D eigenvalue weighted by Gasteiger charge is -2.10. The zero-order chi connectivity index (χ0) is 17.6. The molecule has 2 heterocycles. The van der Waals surface area contributed by atoms with Crippen LogP contribution in [-0.2, 0) is 16.6 Å². The van der Waals surface area contributed by atoms with Crippen LogP contribution in [0.3, 0.4) is 0 Å². The molecule has 0 bridgehead atoms. The standard InChI is InChI=1S/C17H23N3O3S/c1-17(2,3)16-19-14(20-23-16)9-10-18-15(22)8-4-6-12(21)13-7-5-11-24-13/h5,7,11H,4,6,8-10H2,1-3H3,(H,18,22). The molecule has 0 saturated heterocycles. The van der Waals surface area contributed by atoms with Gasteiger partial charge in [-0.3, -0.25) is 9.59 Å². The third kappa shape index (κ3) is 5.56. The van der Waals surface area contributed by atoms with E-state index < -0.39 is 0 Å². The number of ketones is 1. The van der Waals surface area contributed by atoms with E-state index >= 15 is 0 Å². The summed E-state index contributed by atoms with van der Waals surface area (Å²) in [6.45, 7) is 6.47. The quantitative estimate of drug-likeness (QED) is 0.740. The van der Waals surface area contributed by atoms with Gasteiger partial charge in [0.05, 0.1) is 4.88 Å². The number of Topliss-reactive ketones (excluding diaryl/α,β-unsaturated/α-hetero) is 1. The first-order valence-electron chi connectivity index (χ1n) is 8.03. The van der Waals surface area contributed by atoms with Gasteiger partial charge in [-0.2, -0.15) is 4.98 Å². The predicted octanol–water partition coefficient (Wildman–Crippen LogP) is 3.14. The van der Waals surface area contributed by atoms with Crippen LogP contribution < -0.4 is 5.32 Å². The maximum Gasteiger partial charge on any atom is 0.232 e. The summed E-state index contributed by atoms with van der Waals surface area (Å²) in [7, 11) is 0. The van der Waals surface area contributed by atoms with Gasteiger partial charge in [-0.1, -0.05) is 32.0 Å². The third-order valence-corrected chi connectivity index (χ3v) is 4.30. The summed E-state index contributed by atoms with van der Waals surface area (Å²) >= 11 is 1.43. The van der Waals surface area contributed by atoms with E-state index in [1.807, 2.05) is 38.3 Å². The molecular weight excluding hydrogens is 326 g/mol. The molecule has 0 aliphatic heterocycles. The van der Waals surface area contributed by atoms with Crippen molar-refractivity contribution in [2.75, 3.05) is 6.54 Å². The van der Waals surface area contributed by atoms with Crippen molar-refractivity contribution in [3.8, 4) is 0 Å². The number of thiophene rings is 1. The zero-order valence-electron chi connectivity index (χ0n) is 14.3. The molecule has 24 heavy (non-hydrogen) atoms. The minimum Gasteiger partial charge on any atom is -0.356 e. The summed E-state index contributed by atoms with van der Waals surface area (Å²) in [5, 5.41) is 8.61. The average molecular weight is 349 g/mol. The van der Waals surface area contributed by atoms with Crippen LogP contribution in [-0.4, -0.2) is 28.4 Å². The first-order valence-corrected chi connectivity index (χ1v) is 8.90. The number of nitrogens with one attached hydrogen (secondary N) is 1. The van der Waals surface area contributed by atoms with Crippen molar-refractivity contribution in [1.29, 1.82) is 0 Å². The smallest absolute Gasteiger partial charge is 0.232 e. The minimum absolute atomic E-state index is 0.0616. The van der Waals surface area contributed by atoms with Crippen LogP contribution in [0.1, 0.15) is 61.4 Å². The van der Waals surface area contributed by atoms with E-state index in [0.29, 0.717) is 43.9 Å². The number of hydrogen-bond donors (Lipinski definition) is 1. The van der Waals surface area contributed by atoms with Crippen molar-refractivity contribution >= 4 is 23.0 Å². The van der Waals surface area contributed by atoms with E-state index in [2.05, 4.69) is 15.5 Å². The summed E-state index contributed by atoms with van der Waals surface area (Å²) < 4.78 is 5.20. The first kappa shape index (κ1) is 18.3. The molecule has 0 aromatic carbocycles. The lowest BCUT2D eigenvalue weighted by atomic mass is 9.97. The van der Waals surface area contributed by atoms with Crippen LogP contribution >= 0.6 is 11.3 Å². The Hall–Kier alpha value is -2.02. The second-order valence-electron chi connectivity index (χ2n) is 6.62. The topological polar surface area (TPSA) is 85.1 Å². The Balaban J connectivity index is 1.63. The van der Waals surface area contributed by atoms with Crippen LogP contribution in [0, 0.1) is 0 Å². The van der Waals surface area contributed by atoms with E-state index in [9.17, 15) is 9.59 Å². The zero-order valence-corrected chi connectivity index (χ0v) is 15.1. The highest BCUT2D eigenvalue weighted by Gasteiger charge is 2.21. The molecule has 0 unspecified atom stereocenters. The highest BCUT2D eigenvalue weighted by Crippen LogP contribution is 2.19. The predicted molar refractivity (Wildman–Crippen MR) is 92.2 cm³/mol. The molecule has 0 radical (unpaired) electrons. The molecular formula is C17H23N3O3S. The second kappa shape index (κ2) is 8.19. The molecule has 0 saturated carbocycles. The lowest BCUT2D eigenvalue weighted by Crippen LogP contribution is -2.25. The maximum atomic E-state index is 11.8. The van der Waals surface area contributed by atoms with Crippen LogP contribution in [0.4, 0.5) is 0 Å². The molecule has 0 atom stereocenters. The first-order chi connectivity index (χ1) is 11.4. The van der Waals surface area contributed by atoms with Gasteiger partial charge in [0, 0.05) is 31.2 Å². The number of carbonyl (C=O) groups excluding carboxylic acids is 2. The van der Waals surface area contributed by atoms with E-state index in [-0.39, 0.29) is 17.1 Å². The summed E-state index contributed by atoms with van der Waals surface area (Å²) in [6, 6.07) is 3.66. The van der Waals surface area contributed by atoms with Crippen molar-refractivity contribution in [2.24, 2.45) is 0 Å². The monoisotopic (exact) mass is 349 g/mol. The van der Waals surface area contributed by atoms with Crippen LogP contribution in [0.25, 0.3) is 0 Å². The molecule has 7 heteroatoms. The summed E-state index contributed by atoms with van der Waals surface area (Å²) in [5.74, 6) is 1.22. The molecule has 6 nitrogen and oxygen atoms in total. The Morgan fingerprint density at radius 2 is 2.08 bits per heavy atom. The van der Waals surface area contributed by atoms with Gasteiger partial charge < -0.3 is 9.84 Å². The fourth-order valence-corrected chi connectivity index (χ4v) is 2.73. The second-order valence-corrected chi connectivity index (χ2v) is 7.57. The Morgan fingerprint density at radius 3 is 2.71 bits per heavy atom. The number of nitrogens with zero attached hydrogens (tertiary/aromatic N) is 2. The van der Waals surface area contributed by atoms with Crippen molar-refractivity contribution in [1.82, 2.24) is 15.5 Å². The summed E-state index contributed by atoms with van der Waals surface area (Å²) in [5.41, 5.74) is -0.177. The number of carbonyl (C=O) groups is 2. The molecule has 2 aromatic rings. The van der Waals surface area contributed by atoms with E-state index in [0.717, 1.165) is 4.88 Å². The van der Waals surface area contributed by atoms with Crippen LogP contribution in [0.15, 0.2) is 22.0 Å². The highest BCUT2D eigenvalue weighted by atomic mass is 32.1. The largest absolute Gasteiger partial charge is 0.356 e. The average Bonchev–Trinajstić information content (AvgIpc) is 3.18. The number of aromatic nitrogens is 2. The minimum atomic E-state index is -0.177. The molecule has 1 N–H and O–H groups in total. The van der Waals surface area contributed by atoms with Gasteiger partial charge in [0.15, 0.2) is 11.6 Å². The fourth-order valence-electron chi connectivity index (χ4n) is 2.03. The fraction of sp³-hybridized carbons (Fsp3) is 0.529. The van der Waals surface area contributed by atoms with Gasteiger partial charge in [-0.25, -0.2) is 0 Å². The number of rotatable bonds is 8. The van der Waals surface area contributed by atoms with Crippen LogP contribution in [0.2, 0.25) is 0 Å². The van der Waals surface area contributed by atoms with Gasteiger partial charge >= 0.3 is 0 Å². The lowest BCUT2D eigenvalue weighted by molar-refractivity contribution is -0.121. The number of hydrogen-bond acceptors (Lipinski definition) is 6. The molecule has 2 rings (SSSR count). The van der Waals surface area contributed by atoms with Gasteiger partial charge in [-0.05, 0) is 17.9 Å². The van der Waals surface area contributed by atoms with Crippen molar-refractivity contribution in [3.05, 3.63) is 34.1 Å². The van der Waals surface area contributed by atoms with Gasteiger partial charge in [0.1, 0.15) is 0 Å². The van der Waals surface area contributed by atoms with E-state index in [1.54, 1.807) is 0 Å². The van der Waals surface area contributed by atoms with Crippen molar-refractivity contribution in [3.63, 3.8) is 0 Å². The maximum absolute atomic E-state index is 11.8. The molecule has 0 aliphatic carbocycles. The molecule has 0 aliphatic rings. The Bertz CT molecular complexity index is 672. The highest BCUT2D eigenvalue weighted by molar-refractivity contribution is 7.12. The molecule has 0 spiro atoms. The van der Waals surface area contributed by atoms with Crippen molar-refractivity contribution in [2.45, 2.75) is 51.9 Å². The summed E-state index contributed by atoms with van der Waals surface area (Å²) in [4.78, 5) is 28.7. The normalized spacial score (nSPS) is 11.5. The van der Waals surface area contributed by atoms with Crippen LogP contribution in [0.5, 0.6) is 0 Å². The van der Waals surface area contributed by atoms with Gasteiger partial charge in [-0.15, -0.1) is 11.3 Å². The number of amides is 1. The summed E-state index contributed by atoms with van der Waals surface area (Å²) in [6.07, 6.45) is 1.82. The molecule has 2 aromatic heterocycles. The molecule has 0 fully saturated rings. The van der Waals surface area contributed by atoms with E-state index in [4.69, 9.17) is 4.52 Å². The third-order valence-electron chi connectivity index (χ3n) is 3.38. The Kier molecular flexibility index (Phi) is 6.25. The Labute approximate surface area is 145 Å². The molecule has 130 valence electrons. The SMILES string of the molecule is CC(C)(C)c1nc(CCNC(=O)CCCC(=O)c2cccs2)no1.